The van der Waals surface area contributed by atoms with Gasteiger partial charge in [-0.25, -0.2) is 0 Å². The molecule has 0 spiro atoms. The Labute approximate surface area is 127 Å². The molecule has 3 nitrogen and oxygen atoms in total. The number of rotatable bonds is 4. The number of aromatic nitrogens is 1. The average molecular weight is 367 g/mol. The maximum absolute atomic E-state index is 5.70. The summed E-state index contributed by atoms with van der Waals surface area (Å²) in [5, 5.41) is 0. The molecule has 4 heteroatoms. The van der Waals surface area contributed by atoms with Gasteiger partial charge in [0, 0.05) is 9.77 Å². The molecule has 1 aromatic carbocycles. The smallest absolute Gasteiger partial charge is 0.0675 e. The summed E-state index contributed by atoms with van der Waals surface area (Å²) in [6.45, 7) is 4.13. The third-order valence-corrected chi connectivity index (χ3v) is 3.86. The van der Waals surface area contributed by atoms with E-state index in [1.54, 1.807) is 0 Å². The Hall–Kier alpha value is -0.980. The van der Waals surface area contributed by atoms with Crippen molar-refractivity contribution in [1.29, 1.82) is 0 Å². The first-order valence-corrected chi connectivity index (χ1v) is 7.31. The largest absolute Gasteiger partial charge is 0.271 e. The summed E-state index contributed by atoms with van der Waals surface area (Å²) in [7, 11) is 0. The number of benzene rings is 1. The Kier molecular flexibility index (Phi) is 4.90. The van der Waals surface area contributed by atoms with Crippen molar-refractivity contribution in [2.45, 2.75) is 26.3 Å². The van der Waals surface area contributed by atoms with E-state index >= 15 is 0 Å². The molecule has 2 rings (SSSR count). The third-order valence-electron chi connectivity index (χ3n) is 3.14. The van der Waals surface area contributed by atoms with Gasteiger partial charge in [-0.2, -0.15) is 0 Å². The van der Waals surface area contributed by atoms with Gasteiger partial charge in [0.05, 0.1) is 11.7 Å². The predicted octanol–water partition coefficient (Wildman–Crippen LogP) is 3.05. The standard InChI is InChI=1S/C15H18IN3/c1-10-7-11(2)15(18-9-10)14(19-17)8-12-3-5-13(16)6-4-12/h3-7,9,14,19H,8,17H2,1-2H3. The SMILES string of the molecule is Cc1cnc(C(Cc2ccc(I)cc2)NN)c(C)c1. The van der Waals surface area contributed by atoms with Crippen LogP contribution in [0.4, 0.5) is 0 Å². The molecule has 0 aliphatic carbocycles. The summed E-state index contributed by atoms with van der Waals surface area (Å²) >= 11 is 2.31. The first-order valence-electron chi connectivity index (χ1n) is 6.24. The Bertz CT molecular complexity index is 552. The van der Waals surface area contributed by atoms with Crippen LogP contribution in [0.1, 0.15) is 28.4 Å². The fourth-order valence-corrected chi connectivity index (χ4v) is 2.54. The average Bonchev–Trinajstić information content (AvgIpc) is 2.39. The van der Waals surface area contributed by atoms with Crippen molar-refractivity contribution in [3.05, 3.63) is 62.5 Å². The van der Waals surface area contributed by atoms with Gasteiger partial charge in [-0.15, -0.1) is 0 Å². The lowest BCUT2D eigenvalue weighted by molar-refractivity contribution is 0.535. The molecule has 0 bridgehead atoms. The molecule has 1 unspecified atom stereocenters. The van der Waals surface area contributed by atoms with Crippen molar-refractivity contribution in [3.63, 3.8) is 0 Å². The summed E-state index contributed by atoms with van der Waals surface area (Å²) < 4.78 is 1.24. The zero-order valence-electron chi connectivity index (χ0n) is 11.2. The molecule has 0 aliphatic heterocycles. The van der Waals surface area contributed by atoms with Crippen molar-refractivity contribution in [3.8, 4) is 0 Å². The molecule has 0 radical (unpaired) electrons. The molecule has 0 saturated carbocycles. The minimum Gasteiger partial charge on any atom is -0.271 e. The van der Waals surface area contributed by atoms with Crippen molar-refractivity contribution in [2.75, 3.05) is 0 Å². The third kappa shape index (κ3) is 3.75. The number of nitrogens with two attached hydrogens (primary N) is 1. The van der Waals surface area contributed by atoms with Crippen LogP contribution in [0.3, 0.4) is 0 Å². The predicted molar refractivity (Wildman–Crippen MR) is 86.6 cm³/mol. The van der Waals surface area contributed by atoms with E-state index in [9.17, 15) is 0 Å². The number of nitrogens with zero attached hydrogens (tertiary/aromatic N) is 1. The van der Waals surface area contributed by atoms with E-state index in [1.807, 2.05) is 13.1 Å². The second-order valence-corrected chi connectivity index (χ2v) is 6.01. The first-order chi connectivity index (χ1) is 9.10. The van der Waals surface area contributed by atoms with E-state index in [-0.39, 0.29) is 6.04 Å². The summed E-state index contributed by atoms with van der Waals surface area (Å²) in [4.78, 5) is 4.52. The number of aryl methyl sites for hydroxylation is 2. The second-order valence-electron chi connectivity index (χ2n) is 4.76. The Morgan fingerprint density at radius 3 is 2.53 bits per heavy atom. The summed E-state index contributed by atoms with van der Waals surface area (Å²) in [6.07, 6.45) is 2.73. The van der Waals surface area contributed by atoms with Crippen LogP contribution in [-0.4, -0.2) is 4.98 Å². The second kappa shape index (κ2) is 6.45. The summed E-state index contributed by atoms with van der Waals surface area (Å²) in [5.74, 6) is 5.70. The highest BCUT2D eigenvalue weighted by Gasteiger charge is 2.14. The molecule has 100 valence electrons. The topological polar surface area (TPSA) is 50.9 Å². The van der Waals surface area contributed by atoms with E-state index in [1.165, 1.54) is 20.3 Å². The summed E-state index contributed by atoms with van der Waals surface area (Å²) in [5.41, 5.74) is 7.50. The van der Waals surface area contributed by atoms with Gasteiger partial charge in [0.2, 0.25) is 0 Å². The maximum Gasteiger partial charge on any atom is 0.0675 e. The number of nitrogens with one attached hydrogen (secondary N) is 1. The van der Waals surface area contributed by atoms with Crippen molar-refractivity contribution in [2.24, 2.45) is 5.84 Å². The lowest BCUT2D eigenvalue weighted by Crippen LogP contribution is -2.30. The van der Waals surface area contributed by atoms with Crippen LogP contribution in [0, 0.1) is 17.4 Å². The van der Waals surface area contributed by atoms with Gasteiger partial charge in [-0.05, 0) is 71.7 Å². The van der Waals surface area contributed by atoms with Gasteiger partial charge in [0.1, 0.15) is 0 Å². The van der Waals surface area contributed by atoms with Gasteiger partial charge in [-0.1, -0.05) is 18.2 Å². The zero-order chi connectivity index (χ0) is 13.8. The molecule has 0 fully saturated rings. The van der Waals surface area contributed by atoms with Gasteiger partial charge in [0.25, 0.3) is 0 Å². The first kappa shape index (κ1) is 14.4. The quantitative estimate of drug-likeness (QED) is 0.496. The Morgan fingerprint density at radius 1 is 1.26 bits per heavy atom. The molecular weight excluding hydrogens is 349 g/mol. The van der Waals surface area contributed by atoms with Crippen molar-refractivity contribution < 1.29 is 0 Å². The molecule has 1 atom stereocenters. The highest BCUT2D eigenvalue weighted by Crippen LogP contribution is 2.20. The molecule has 1 heterocycles. The lowest BCUT2D eigenvalue weighted by atomic mass is 10.00. The number of halogens is 1. The molecule has 0 aliphatic rings. The zero-order valence-corrected chi connectivity index (χ0v) is 13.3. The van der Waals surface area contributed by atoms with Crippen LogP contribution in [0.15, 0.2) is 36.5 Å². The van der Waals surface area contributed by atoms with E-state index < -0.39 is 0 Å². The van der Waals surface area contributed by atoms with Gasteiger partial charge >= 0.3 is 0 Å². The lowest BCUT2D eigenvalue weighted by Gasteiger charge is -2.18. The minimum absolute atomic E-state index is 0.0423. The van der Waals surface area contributed by atoms with E-state index in [2.05, 4.69) is 70.3 Å². The van der Waals surface area contributed by atoms with Gasteiger partial charge in [0.15, 0.2) is 0 Å². The number of pyridine rings is 1. The van der Waals surface area contributed by atoms with Crippen LogP contribution in [-0.2, 0) is 6.42 Å². The Morgan fingerprint density at radius 2 is 1.95 bits per heavy atom. The monoisotopic (exact) mass is 367 g/mol. The minimum atomic E-state index is 0.0423. The Balaban J connectivity index is 2.22. The summed E-state index contributed by atoms with van der Waals surface area (Å²) in [6, 6.07) is 10.7. The number of hydrogen-bond donors (Lipinski definition) is 2. The van der Waals surface area contributed by atoms with Crippen LogP contribution >= 0.6 is 22.6 Å². The fourth-order valence-electron chi connectivity index (χ4n) is 2.18. The van der Waals surface area contributed by atoms with Crippen LogP contribution in [0.5, 0.6) is 0 Å². The number of hydrazine groups is 1. The van der Waals surface area contributed by atoms with Crippen LogP contribution < -0.4 is 11.3 Å². The molecule has 1 aromatic heterocycles. The fraction of sp³-hybridized carbons (Fsp3) is 0.267. The van der Waals surface area contributed by atoms with Crippen molar-refractivity contribution >= 4 is 22.6 Å². The number of hydrogen-bond acceptors (Lipinski definition) is 3. The molecule has 19 heavy (non-hydrogen) atoms. The normalized spacial score (nSPS) is 12.4. The molecule has 2 aromatic rings. The molecule has 0 amide bonds. The van der Waals surface area contributed by atoms with Crippen molar-refractivity contribution in [1.82, 2.24) is 10.4 Å². The van der Waals surface area contributed by atoms with Gasteiger partial charge in [-0.3, -0.25) is 16.3 Å². The molecule has 3 N–H and O–H groups in total. The van der Waals surface area contributed by atoms with E-state index in [4.69, 9.17) is 5.84 Å². The molecular formula is C15H18IN3. The van der Waals surface area contributed by atoms with E-state index in [0.717, 1.165) is 12.1 Å². The van der Waals surface area contributed by atoms with Gasteiger partial charge < -0.3 is 0 Å². The highest BCUT2D eigenvalue weighted by molar-refractivity contribution is 14.1. The highest BCUT2D eigenvalue weighted by atomic mass is 127. The van der Waals surface area contributed by atoms with Crippen LogP contribution in [0.25, 0.3) is 0 Å². The van der Waals surface area contributed by atoms with E-state index in [0.29, 0.717) is 0 Å². The molecule has 0 saturated heterocycles. The van der Waals surface area contributed by atoms with Crippen LogP contribution in [0.2, 0.25) is 0 Å². The maximum atomic E-state index is 5.70.